The molecule has 0 aliphatic carbocycles. The molecule has 1 aromatic carbocycles. The molecule has 1 aliphatic heterocycles. The molecule has 0 saturated heterocycles. The summed E-state index contributed by atoms with van der Waals surface area (Å²) in [4.78, 5) is 12.5. The van der Waals surface area contributed by atoms with Crippen LogP contribution in [0.1, 0.15) is 37.2 Å². The third-order valence-electron chi connectivity index (χ3n) is 4.64. The van der Waals surface area contributed by atoms with E-state index in [9.17, 15) is 4.79 Å². The number of aromatic nitrogens is 3. The fraction of sp³-hybridized carbons (Fsp3) is 0.350. The summed E-state index contributed by atoms with van der Waals surface area (Å²) in [6, 6.07) is 8.76. The number of hydrogen-bond acceptors (Lipinski definition) is 5. The van der Waals surface area contributed by atoms with Crippen molar-refractivity contribution in [3.05, 3.63) is 52.9 Å². The van der Waals surface area contributed by atoms with Crippen LogP contribution in [0.4, 0.5) is 4.79 Å². The molecule has 0 radical (unpaired) electrons. The van der Waals surface area contributed by atoms with Gasteiger partial charge in [0, 0.05) is 12.7 Å². The summed E-state index contributed by atoms with van der Waals surface area (Å²) in [5.74, 6) is 1.85. The number of fused-ring (bicyclic) bond motifs is 2. The van der Waals surface area contributed by atoms with Gasteiger partial charge >= 0.3 is 6.03 Å². The van der Waals surface area contributed by atoms with E-state index in [0.29, 0.717) is 42.1 Å². The lowest BCUT2D eigenvalue weighted by atomic mass is 10.1. The van der Waals surface area contributed by atoms with Gasteiger partial charge in [0.05, 0.1) is 11.1 Å². The molecule has 2 N–H and O–H groups in total. The van der Waals surface area contributed by atoms with Crippen LogP contribution in [0.25, 0.3) is 5.65 Å². The van der Waals surface area contributed by atoms with Crippen molar-refractivity contribution in [1.29, 1.82) is 0 Å². The van der Waals surface area contributed by atoms with Crippen molar-refractivity contribution in [2.75, 3.05) is 13.2 Å². The standard InChI is InChI=1S/C20H22ClN5O3/c1-2-5-15(19-25-24-17-6-3-4-7-26(17)19)23-20(27)22-12-13-10-14(21)18-16(11-13)28-8-9-29-18/h3-4,6-7,10-11,15H,2,5,8-9,12H2,1H3,(H2,22,23,27). The normalized spacial score (nSPS) is 13.9. The van der Waals surface area contributed by atoms with Crippen LogP contribution in [0.15, 0.2) is 36.5 Å². The van der Waals surface area contributed by atoms with Crippen LogP contribution in [-0.4, -0.2) is 33.8 Å². The number of halogens is 1. The molecule has 9 heteroatoms. The fourth-order valence-electron chi connectivity index (χ4n) is 3.31. The molecule has 152 valence electrons. The molecule has 0 spiro atoms. The van der Waals surface area contributed by atoms with Crippen LogP contribution in [0, 0.1) is 0 Å². The molecule has 29 heavy (non-hydrogen) atoms. The maximum absolute atomic E-state index is 12.5. The summed E-state index contributed by atoms with van der Waals surface area (Å²) < 4.78 is 13.0. The minimum atomic E-state index is -0.290. The Kier molecular flexibility index (Phi) is 5.71. The molecule has 1 atom stereocenters. The Bertz CT molecular complexity index is 1020. The Morgan fingerprint density at radius 1 is 1.28 bits per heavy atom. The molecule has 8 nitrogen and oxygen atoms in total. The van der Waals surface area contributed by atoms with E-state index >= 15 is 0 Å². The zero-order valence-electron chi connectivity index (χ0n) is 16.0. The molecule has 0 fully saturated rings. The van der Waals surface area contributed by atoms with E-state index in [-0.39, 0.29) is 12.1 Å². The number of ether oxygens (including phenoxy) is 2. The first-order chi connectivity index (χ1) is 14.2. The summed E-state index contributed by atoms with van der Waals surface area (Å²) in [6.45, 7) is 3.32. The monoisotopic (exact) mass is 415 g/mol. The molecule has 2 aromatic heterocycles. The number of benzene rings is 1. The third-order valence-corrected chi connectivity index (χ3v) is 4.92. The predicted molar refractivity (Wildman–Crippen MR) is 108 cm³/mol. The van der Waals surface area contributed by atoms with Gasteiger partial charge in [0.15, 0.2) is 23.0 Å². The van der Waals surface area contributed by atoms with Crippen molar-refractivity contribution in [3.63, 3.8) is 0 Å². The molecule has 3 aromatic rings. The number of hydrogen-bond donors (Lipinski definition) is 2. The van der Waals surface area contributed by atoms with E-state index in [0.717, 1.165) is 24.1 Å². The highest BCUT2D eigenvalue weighted by atomic mass is 35.5. The average Bonchev–Trinajstić information content (AvgIpc) is 3.16. The lowest BCUT2D eigenvalue weighted by Gasteiger charge is -2.21. The van der Waals surface area contributed by atoms with Gasteiger partial charge in [0.1, 0.15) is 13.2 Å². The van der Waals surface area contributed by atoms with Gasteiger partial charge in [-0.2, -0.15) is 0 Å². The molecule has 2 amide bonds. The van der Waals surface area contributed by atoms with Crippen LogP contribution < -0.4 is 20.1 Å². The number of amides is 2. The Labute approximate surface area is 173 Å². The second kappa shape index (κ2) is 8.57. The van der Waals surface area contributed by atoms with E-state index < -0.39 is 0 Å². The number of urea groups is 1. The summed E-state index contributed by atoms with van der Waals surface area (Å²) in [5.41, 5.74) is 1.58. The molecule has 0 bridgehead atoms. The number of nitrogens with one attached hydrogen (secondary N) is 2. The van der Waals surface area contributed by atoms with Crippen LogP contribution in [0.5, 0.6) is 11.5 Å². The second-order valence-corrected chi connectivity index (χ2v) is 7.16. The zero-order chi connectivity index (χ0) is 20.2. The highest BCUT2D eigenvalue weighted by molar-refractivity contribution is 6.32. The highest BCUT2D eigenvalue weighted by Gasteiger charge is 2.20. The van der Waals surface area contributed by atoms with Crippen molar-refractivity contribution in [3.8, 4) is 11.5 Å². The first-order valence-electron chi connectivity index (χ1n) is 9.57. The Morgan fingerprint density at radius 3 is 3.00 bits per heavy atom. The molecule has 1 unspecified atom stereocenters. The van der Waals surface area contributed by atoms with E-state index in [1.807, 2.05) is 34.9 Å². The lowest BCUT2D eigenvalue weighted by Crippen LogP contribution is -2.38. The Hall–Kier alpha value is -3.00. The smallest absolute Gasteiger partial charge is 0.315 e. The minimum absolute atomic E-state index is 0.249. The number of carbonyl (C=O) groups is 1. The fourth-order valence-corrected chi connectivity index (χ4v) is 3.60. The quantitative estimate of drug-likeness (QED) is 0.643. The van der Waals surface area contributed by atoms with Crippen LogP contribution in [0.2, 0.25) is 5.02 Å². The highest BCUT2D eigenvalue weighted by Crippen LogP contribution is 2.38. The van der Waals surface area contributed by atoms with Gasteiger partial charge in [-0.15, -0.1) is 10.2 Å². The second-order valence-electron chi connectivity index (χ2n) is 6.76. The SMILES string of the molecule is CCCC(NC(=O)NCc1cc(Cl)c2c(c1)OCCO2)c1nnc2ccccn12. The third kappa shape index (κ3) is 4.22. The van der Waals surface area contributed by atoms with Crippen LogP contribution in [-0.2, 0) is 6.54 Å². The Morgan fingerprint density at radius 2 is 2.14 bits per heavy atom. The number of carbonyl (C=O) groups excluding carboxylic acids is 1. The summed E-state index contributed by atoms with van der Waals surface area (Å²) >= 11 is 6.26. The summed E-state index contributed by atoms with van der Waals surface area (Å²) in [5, 5.41) is 14.8. The van der Waals surface area contributed by atoms with Crippen molar-refractivity contribution < 1.29 is 14.3 Å². The zero-order valence-corrected chi connectivity index (χ0v) is 16.8. The summed E-state index contributed by atoms with van der Waals surface area (Å²) in [6.07, 6.45) is 3.54. The van der Waals surface area contributed by atoms with Gasteiger partial charge in [-0.1, -0.05) is 31.0 Å². The van der Waals surface area contributed by atoms with Gasteiger partial charge in [-0.05, 0) is 36.2 Å². The van der Waals surface area contributed by atoms with E-state index in [1.165, 1.54) is 0 Å². The molecule has 4 rings (SSSR count). The van der Waals surface area contributed by atoms with Crippen molar-refractivity contribution in [2.24, 2.45) is 0 Å². The Balaban J connectivity index is 1.43. The van der Waals surface area contributed by atoms with E-state index in [4.69, 9.17) is 21.1 Å². The van der Waals surface area contributed by atoms with E-state index in [1.54, 1.807) is 6.07 Å². The molecular formula is C20H22ClN5O3. The molecular weight excluding hydrogens is 394 g/mol. The largest absolute Gasteiger partial charge is 0.486 e. The number of rotatable bonds is 6. The predicted octanol–water partition coefficient (Wildman–Crippen LogP) is 3.49. The maximum atomic E-state index is 12.5. The van der Waals surface area contributed by atoms with Gasteiger partial charge in [-0.25, -0.2) is 4.79 Å². The number of pyridine rings is 1. The first-order valence-corrected chi connectivity index (χ1v) is 9.95. The lowest BCUT2D eigenvalue weighted by molar-refractivity contribution is 0.171. The van der Waals surface area contributed by atoms with Gasteiger partial charge < -0.3 is 20.1 Å². The van der Waals surface area contributed by atoms with Crippen LogP contribution >= 0.6 is 11.6 Å². The van der Waals surface area contributed by atoms with Gasteiger partial charge in [-0.3, -0.25) is 4.40 Å². The van der Waals surface area contributed by atoms with Gasteiger partial charge in [0.25, 0.3) is 0 Å². The topological polar surface area (TPSA) is 89.8 Å². The maximum Gasteiger partial charge on any atom is 0.315 e. The average molecular weight is 416 g/mol. The van der Waals surface area contributed by atoms with Crippen molar-refractivity contribution >= 4 is 23.3 Å². The van der Waals surface area contributed by atoms with Crippen molar-refractivity contribution in [2.45, 2.75) is 32.4 Å². The van der Waals surface area contributed by atoms with Gasteiger partial charge in [0.2, 0.25) is 0 Å². The minimum Gasteiger partial charge on any atom is -0.486 e. The van der Waals surface area contributed by atoms with Crippen LogP contribution in [0.3, 0.4) is 0 Å². The van der Waals surface area contributed by atoms with E-state index in [2.05, 4.69) is 27.8 Å². The number of nitrogens with zero attached hydrogens (tertiary/aromatic N) is 3. The molecule has 1 aliphatic rings. The summed E-state index contributed by atoms with van der Waals surface area (Å²) in [7, 11) is 0. The molecule has 3 heterocycles. The molecule has 0 saturated carbocycles. The van der Waals surface area contributed by atoms with Crippen molar-refractivity contribution in [1.82, 2.24) is 25.2 Å². The first kappa shape index (κ1) is 19.3.